The van der Waals surface area contributed by atoms with Gasteiger partial charge in [0.1, 0.15) is 17.2 Å². The first kappa shape index (κ1) is 16.9. The lowest BCUT2D eigenvalue weighted by Gasteiger charge is -2.11. The number of benzene rings is 2. The maximum Gasteiger partial charge on any atom is 0.273 e. The zero-order chi connectivity index (χ0) is 17.8. The molecule has 0 spiro atoms. The van der Waals surface area contributed by atoms with Gasteiger partial charge in [-0.05, 0) is 30.3 Å². The van der Waals surface area contributed by atoms with E-state index in [0.717, 1.165) is 5.56 Å². The van der Waals surface area contributed by atoms with Gasteiger partial charge in [-0.1, -0.05) is 23.7 Å². The van der Waals surface area contributed by atoms with Gasteiger partial charge in [-0.2, -0.15) is 5.10 Å². The van der Waals surface area contributed by atoms with Gasteiger partial charge in [-0.25, -0.2) is 0 Å². The summed E-state index contributed by atoms with van der Waals surface area (Å²) in [4.78, 5) is 12.5. The summed E-state index contributed by atoms with van der Waals surface area (Å²) >= 11 is 5.88. The molecule has 0 radical (unpaired) electrons. The average Bonchev–Trinajstić information content (AvgIpc) is 3.12. The number of anilines is 1. The van der Waals surface area contributed by atoms with E-state index < -0.39 is 0 Å². The van der Waals surface area contributed by atoms with Gasteiger partial charge in [0.2, 0.25) is 0 Å². The number of rotatable bonds is 5. The second-order valence-corrected chi connectivity index (χ2v) is 5.63. The summed E-state index contributed by atoms with van der Waals surface area (Å²) in [6.07, 6.45) is 0. The van der Waals surface area contributed by atoms with Crippen LogP contribution in [-0.2, 0) is 0 Å². The van der Waals surface area contributed by atoms with E-state index in [9.17, 15) is 4.79 Å². The third-order valence-corrected chi connectivity index (χ3v) is 3.87. The Balaban J connectivity index is 1.81. The van der Waals surface area contributed by atoms with Crippen LogP contribution in [0.4, 0.5) is 5.69 Å². The van der Waals surface area contributed by atoms with E-state index in [1.165, 1.54) is 7.11 Å². The molecule has 1 amide bonds. The highest BCUT2D eigenvalue weighted by atomic mass is 35.5. The molecule has 1 aromatic heterocycles. The normalized spacial score (nSPS) is 10.4. The molecule has 0 aliphatic rings. The van der Waals surface area contributed by atoms with E-state index in [1.807, 2.05) is 12.1 Å². The highest BCUT2D eigenvalue weighted by molar-refractivity contribution is 6.30. The smallest absolute Gasteiger partial charge is 0.273 e. The predicted octanol–water partition coefficient (Wildman–Crippen LogP) is 4.00. The van der Waals surface area contributed by atoms with Crippen molar-refractivity contribution in [2.75, 3.05) is 19.5 Å². The molecule has 128 valence electrons. The summed E-state index contributed by atoms with van der Waals surface area (Å²) in [7, 11) is 3.09. The van der Waals surface area contributed by atoms with E-state index in [2.05, 4.69) is 15.5 Å². The van der Waals surface area contributed by atoms with Gasteiger partial charge in [-0.15, -0.1) is 0 Å². The van der Waals surface area contributed by atoms with Crippen molar-refractivity contribution in [3.05, 3.63) is 59.2 Å². The number of hydrogen-bond acceptors (Lipinski definition) is 4. The van der Waals surface area contributed by atoms with Crippen LogP contribution in [-0.4, -0.2) is 30.3 Å². The zero-order valence-electron chi connectivity index (χ0n) is 13.7. The van der Waals surface area contributed by atoms with Crippen molar-refractivity contribution < 1.29 is 14.3 Å². The number of hydrogen-bond donors (Lipinski definition) is 2. The zero-order valence-corrected chi connectivity index (χ0v) is 14.4. The fraction of sp³-hybridized carbons (Fsp3) is 0.111. The minimum atomic E-state index is -0.334. The van der Waals surface area contributed by atoms with Crippen LogP contribution in [0.3, 0.4) is 0 Å². The molecule has 0 atom stereocenters. The maximum atomic E-state index is 12.5. The Morgan fingerprint density at radius 3 is 2.52 bits per heavy atom. The summed E-state index contributed by atoms with van der Waals surface area (Å²) in [5.41, 5.74) is 2.35. The lowest BCUT2D eigenvalue weighted by Crippen LogP contribution is -2.13. The number of H-pyrrole nitrogens is 1. The number of aromatic nitrogens is 2. The van der Waals surface area contributed by atoms with Gasteiger partial charge >= 0.3 is 0 Å². The summed E-state index contributed by atoms with van der Waals surface area (Å²) in [5, 5.41) is 10.3. The monoisotopic (exact) mass is 357 g/mol. The molecular weight excluding hydrogens is 342 g/mol. The first-order valence-electron chi connectivity index (χ1n) is 7.45. The molecule has 0 aliphatic heterocycles. The van der Waals surface area contributed by atoms with Crippen molar-refractivity contribution >= 4 is 23.2 Å². The Labute approximate surface area is 149 Å². The molecule has 2 aromatic carbocycles. The number of amides is 1. The van der Waals surface area contributed by atoms with Gasteiger partial charge in [0.25, 0.3) is 5.91 Å². The van der Waals surface area contributed by atoms with Crippen molar-refractivity contribution in [2.24, 2.45) is 0 Å². The largest absolute Gasteiger partial charge is 0.497 e. The summed E-state index contributed by atoms with van der Waals surface area (Å²) in [6.45, 7) is 0. The quantitative estimate of drug-likeness (QED) is 0.723. The molecule has 0 saturated carbocycles. The molecule has 3 rings (SSSR count). The molecule has 6 nitrogen and oxygen atoms in total. The molecule has 0 saturated heterocycles. The summed E-state index contributed by atoms with van der Waals surface area (Å²) in [5.74, 6) is 0.813. The molecule has 0 aliphatic carbocycles. The maximum absolute atomic E-state index is 12.5. The van der Waals surface area contributed by atoms with Crippen LogP contribution in [0.5, 0.6) is 11.5 Å². The van der Waals surface area contributed by atoms with Crippen LogP contribution in [0.1, 0.15) is 10.5 Å². The Hall–Kier alpha value is -2.99. The van der Waals surface area contributed by atoms with Crippen molar-refractivity contribution in [3.63, 3.8) is 0 Å². The van der Waals surface area contributed by atoms with Gasteiger partial charge < -0.3 is 14.8 Å². The molecular formula is C18H16ClN3O3. The SMILES string of the molecule is COc1ccc(OC)c(NC(=O)c2cc(-c3ccc(Cl)cc3)n[nH]2)c1. The average molecular weight is 358 g/mol. The van der Waals surface area contributed by atoms with E-state index in [0.29, 0.717) is 33.6 Å². The molecule has 0 bridgehead atoms. The molecule has 25 heavy (non-hydrogen) atoms. The topological polar surface area (TPSA) is 76.2 Å². The van der Waals surface area contributed by atoms with Gasteiger partial charge in [0.05, 0.1) is 25.6 Å². The number of methoxy groups -OCH3 is 2. The second-order valence-electron chi connectivity index (χ2n) is 5.19. The van der Waals surface area contributed by atoms with Gasteiger partial charge in [0, 0.05) is 16.7 Å². The number of carbonyl (C=O) groups excluding carboxylic acids is 1. The highest BCUT2D eigenvalue weighted by Gasteiger charge is 2.14. The Morgan fingerprint density at radius 1 is 1.08 bits per heavy atom. The lowest BCUT2D eigenvalue weighted by molar-refractivity contribution is 0.102. The van der Waals surface area contributed by atoms with Crippen molar-refractivity contribution in [3.8, 4) is 22.8 Å². The molecule has 7 heteroatoms. The molecule has 2 N–H and O–H groups in total. The number of halogens is 1. The van der Waals surface area contributed by atoms with Crippen molar-refractivity contribution in [1.82, 2.24) is 10.2 Å². The first-order valence-corrected chi connectivity index (χ1v) is 7.83. The standard InChI is InChI=1S/C18H16ClN3O3/c1-24-13-7-8-17(25-2)15(9-13)20-18(23)16-10-14(21-22-16)11-3-5-12(19)6-4-11/h3-10H,1-2H3,(H,20,23)(H,21,22). The van der Waals surface area contributed by atoms with Crippen LogP contribution < -0.4 is 14.8 Å². The summed E-state index contributed by atoms with van der Waals surface area (Å²) < 4.78 is 10.4. The Bertz CT molecular complexity index is 891. The number of aromatic amines is 1. The lowest BCUT2D eigenvalue weighted by atomic mass is 10.1. The first-order chi connectivity index (χ1) is 12.1. The number of nitrogens with zero attached hydrogens (tertiary/aromatic N) is 1. The number of carbonyl (C=O) groups is 1. The fourth-order valence-electron chi connectivity index (χ4n) is 2.31. The van der Waals surface area contributed by atoms with Crippen LogP contribution in [0.25, 0.3) is 11.3 Å². The van der Waals surface area contributed by atoms with Gasteiger partial charge in [-0.3, -0.25) is 9.89 Å². The molecule has 1 heterocycles. The van der Waals surface area contributed by atoms with E-state index in [1.54, 1.807) is 43.5 Å². The van der Waals surface area contributed by atoms with E-state index in [4.69, 9.17) is 21.1 Å². The van der Waals surface area contributed by atoms with Crippen LogP contribution in [0, 0.1) is 0 Å². The Morgan fingerprint density at radius 2 is 1.84 bits per heavy atom. The van der Waals surface area contributed by atoms with Crippen LogP contribution >= 0.6 is 11.6 Å². The molecule has 0 fully saturated rings. The predicted molar refractivity (Wildman–Crippen MR) is 96.5 cm³/mol. The van der Waals surface area contributed by atoms with Gasteiger partial charge in [0.15, 0.2) is 0 Å². The van der Waals surface area contributed by atoms with Crippen molar-refractivity contribution in [2.45, 2.75) is 0 Å². The molecule has 0 unspecified atom stereocenters. The summed E-state index contributed by atoms with van der Waals surface area (Å²) in [6, 6.07) is 14.1. The Kier molecular flexibility index (Phi) is 4.90. The van der Waals surface area contributed by atoms with Crippen molar-refractivity contribution in [1.29, 1.82) is 0 Å². The third kappa shape index (κ3) is 3.75. The highest BCUT2D eigenvalue weighted by Crippen LogP contribution is 2.29. The van der Waals surface area contributed by atoms with Crippen LogP contribution in [0.15, 0.2) is 48.5 Å². The van der Waals surface area contributed by atoms with E-state index >= 15 is 0 Å². The third-order valence-electron chi connectivity index (χ3n) is 3.62. The van der Waals surface area contributed by atoms with Crippen LogP contribution in [0.2, 0.25) is 5.02 Å². The fourth-order valence-corrected chi connectivity index (χ4v) is 2.43. The molecule has 3 aromatic rings. The minimum absolute atomic E-state index is 0.329. The number of nitrogens with one attached hydrogen (secondary N) is 2. The minimum Gasteiger partial charge on any atom is -0.497 e. The number of ether oxygens (including phenoxy) is 2. The van der Waals surface area contributed by atoms with E-state index in [-0.39, 0.29) is 5.91 Å². The second kappa shape index (κ2) is 7.27.